The number of furan rings is 1. The highest BCUT2D eigenvalue weighted by molar-refractivity contribution is 9.10. The Kier molecular flexibility index (Phi) is 5.05. The molecule has 0 spiro atoms. The second-order valence-electron chi connectivity index (χ2n) is 5.06. The van der Waals surface area contributed by atoms with Gasteiger partial charge in [0.15, 0.2) is 0 Å². The molecule has 0 aliphatic rings. The summed E-state index contributed by atoms with van der Waals surface area (Å²) in [7, 11) is 0. The molecule has 0 aliphatic heterocycles. The monoisotopic (exact) mass is 339 g/mol. The first-order valence-corrected chi connectivity index (χ1v) is 7.92. The van der Waals surface area contributed by atoms with Crippen molar-refractivity contribution in [3.63, 3.8) is 0 Å². The molecule has 4 nitrogen and oxygen atoms in total. The van der Waals surface area contributed by atoms with Gasteiger partial charge >= 0.3 is 0 Å². The van der Waals surface area contributed by atoms with Crippen LogP contribution in [-0.4, -0.2) is 16.3 Å². The summed E-state index contributed by atoms with van der Waals surface area (Å²) in [4.78, 5) is 0. The fourth-order valence-electron chi connectivity index (χ4n) is 2.31. The van der Waals surface area contributed by atoms with E-state index in [-0.39, 0.29) is 6.04 Å². The molecule has 0 saturated carbocycles. The average Bonchev–Trinajstić information content (AvgIpc) is 3.02. The number of nitrogens with one attached hydrogen (secondary N) is 1. The Morgan fingerprint density at radius 1 is 1.35 bits per heavy atom. The van der Waals surface area contributed by atoms with Crippen LogP contribution < -0.4 is 5.32 Å². The summed E-state index contributed by atoms with van der Waals surface area (Å²) >= 11 is 3.61. The third-order valence-corrected chi connectivity index (χ3v) is 3.88. The molecule has 2 aromatic heterocycles. The van der Waals surface area contributed by atoms with E-state index in [1.807, 2.05) is 16.9 Å². The fraction of sp³-hybridized carbons (Fsp3) is 0.533. The van der Waals surface area contributed by atoms with Crippen molar-refractivity contribution in [2.24, 2.45) is 0 Å². The predicted molar refractivity (Wildman–Crippen MR) is 83.9 cm³/mol. The average molecular weight is 340 g/mol. The Bertz CT molecular complexity index is 559. The molecule has 0 saturated heterocycles. The van der Waals surface area contributed by atoms with Crippen molar-refractivity contribution in [2.45, 2.75) is 46.2 Å². The van der Waals surface area contributed by atoms with E-state index in [0.717, 1.165) is 34.7 Å². The molecule has 20 heavy (non-hydrogen) atoms. The first-order chi connectivity index (χ1) is 9.58. The van der Waals surface area contributed by atoms with Gasteiger partial charge in [-0.05, 0) is 48.5 Å². The fourth-order valence-corrected chi connectivity index (χ4v) is 2.81. The predicted octanol–water partition coefficient (Wildman–Crippen LogP) is 4.08. The first-order valence-electron chi connectivity index (χ1n) is 7.13. The van der Waals surface area contributed by atoms with Crippen LogP contribution in [-0.2, 0) is 6.42 Å². The van der Waals surface area contributed by atoms with Gasteiger partial charge in [0.05, 0.1) is 16.4 Å². The van der Waals surface area contributed by atoms with Crippen LogP contribution in [0.1, 0.15) is 57.0 Å². The lowest BCUT2D eigenvalue weighted by Crippen LogP contribution is -2.25. The number of halogens is 1. The van der Waals surface area contributed by atoms with Crippen LogP contribution in [0.4, 0.5) is 0 Å². The van der Waals surface area contributed by atoms with Gasteiger partial charge in [0, 0.05) is 12.5 Å². The van der Waals surface area contributed by atoms with E-state index in [2.05, 4.69) is 60.1 Å². The molecule has 5 heteroatoms. The van der Waals surface area contributed by atoms with E-state index in [1.165, 1.54) is 0 Å². The minimum Gasteiger partial charge on any atom is -0.464 e. The molecule has 1 unspecified atom stereocenters. The summed E-state index contributed by atoms with van der Waals surface area (Å²) in [6, 6.07) is 4.41. The summed E-state index contributed by atoms with van der Waals surface area (Å²) in [5.41, 5.74) is 1.11. The minimum absolute atomic E-state index is 0.0135. The smallest absolute Gasteiger partial charge is 0.127 e. The number of hydrogen-bond acceptors (Lipinski definition) is 3. The van der Waals surface area contributed by atoms with Crippen LogP contribution in [0.3, 0.4) is 0 Å². The normalized spacial score (nSPS) is 13.1. The zero-order valence-electron chi connectivity index (χ0n) is 12.5. The highest BCUT2D eigenvalue weighted by atomic mass is 79.9. The highest BCUT2D eigenvalue weighted by Gasteiger charge is 2.25. The quantitative estimate of drug-likeness (QED) is 0.862. The molecule has 0 aromatic carbocycles. The van der Waals surface area contributed by atoms with E-state index in [1.54, 1.807) is 0 Å². The lowest BCUT2D eigenvalue weighted by atomic mass is 10.1. The molecule has 1 N–H and O–H groups in total. The van der Waals surface area contributed by atoms with Gasteiger partial charge in [-0.1, -0.05) is 13.8 Å². The van der Waals surface area contributed by atoms with Crippen LogP contribution in [0.5, 0.6) is 0 Å². The zero-order valence-corrected chi connectivity index (χ0v) is 14.1. The molecule has 2 aromatic rings. The van der Waals surface area contributed by atoms with Crippen molar-refractivity contribution in [3.05, 3.63) is 40.0 Å². The lowest BCUT2D eigenvalue weighted by molar-refractivity contribution is 0.400. The Morgan fingerprint density at radius 3 is 2.65 bits per heavy atom. The van der Waals surface area contributed by atoms with Gasteiger partial charge < -0.3 is 9.73 Å². The minimum atomic E-state index is 0.0135. The summed E-state index contributed by atoms with van der Waals surface area (Å²) < 4.78 is 8.98. The second kappa shape index (κ2) is 6.59. The SMILES string of the molecule is CCNC(c1ccc(CC)o1)c1c(Br)cnn1C(C)C. The van der Waals surface area contributed by atoms with Crippen molar-refractivity contribution in [1.29, 1.82) is 0 Å². The molecule has 110 valence electrons. The van der Waals surface area contributed by atoms with E-state index >= 15 is 0 Å². The molecule has 0 amide bonds. The molecular formula is C15H22BrN3O. The molecule has 0 fully saturated rings. The standard InChI is InChI=1S/C15H22BrN3O/c1-5-11-7-8-13(20-11)14(17-6-2)15-12(16)9-18-19(15)10(3)4/h7-10,14,17H,5-6H2,1-4H3. The summed E-state index contributed by atoms with van der Waals surface area (Å²) in [5, 5.41) is 7.95. The molecule has 2 heterocycles. The molecule has 0 aliphatic carbocycles. The van der Waals surface area contributed by atoms with Crippen LogP contribution in [0.2, 0.25) is 0 Å². The number of aromatic nitrogens is 2. The van der Waals surface area contributed by atoms with Crippen molar-refractivity contribution in [3.8, 4) is 0 Å². The third kappa shape index (κ3) is 2.99. The van der Waals surface area contributed by atoms with E-state index in [4.69, 9.17) is 4.42 Å². The lowest BCUT2D eigenvalue weighted by Gasteiger charge is -2.20. The second-order valence-corrected chi connectivity index (χ2v) is 5.92. The van der Waals surface area contributed by atoms with Crippen LogP contribution in [0.15, 0.2) is 27.2 Å². The Balaban J connectivity index is 2.45. The Labute approximate surface area is 128 Å². The van der Waals surface area contributed by atoms with Crippen molar-refractivity contribution < 1.29 is 4.42 Å². The Hall–Kier alpha value is -1.07. The van der Waals surface area contributed by atoms with Crippen molar-refractivity contribution in [1.82, 2.24) is 15.1 Å². The van der Waals surface area contributed by atoms with E-state index in [9.17, 15) is 0 Å². The molecular weight excluding hydrogens is 318 g/mol. The first kappa shape index (κ1) is 15.3. The maximum absolute atomic E-state index is 5.94. The highest BCUT2D eigenvalue weighted by Crippen LogP contribution is 2.31. The summed E-state index contributed by atoms with van der Waals surface area (Å²) in [6.07, 6.45) is 2.76. The van der Waals surface area contributed by atoms with Crippen LogP contribution in [0, 0.1) is 0 Å². The van der Waals surface area contributed by atoms with E-state index in [0.29, 0.717) is 6.04 Å². The van der Waals surface area contributed by atoms with Gasteiger partial charge in [-0.3, -0.25) is 4.68 Å². The number of aryl methyl sites for hydroxylation is 1. The van der Waals surface area contributed by atoms with Gasteiger partial charge in [0.25, 0.3) is 0 Å². The largest absolute Gasteiger partial charge is 0.464 e. The number of nitrogens with zero attached hydrogens (tertiary/aromatic N) is 2. The number of rotatable bonds is 6. The van der Waals surface area contributed by atoms with E-state index < -0.39 is 0 Å². The molecule has 2 rings (SSSR count). The van der Waals surface area contributed by atoms with Gasteiger partial charge in [0.1, 0.15) is 17.6 Å². The van der Waals surface area contributed by atoms with Gasteiger partial charge in [0.2, 0.25) is 0 Å². The van der Waals surface area contributed by atoms with Gasteiger partial charge in [-0.2, -0.15) is 5.10 Å². The molecule has 0 radical (unpaired) electrons. The molecule has 1 atom stereocenters. The maximum Gasteiger partial charge on any atom is 0.127 e. The third-order valence-electron chi connectivity index (χ3n) is 3.27. The summed E-state index contributed by atoms with van der Waals surface area (Å²) in [6.45, 7) is 9.32. The van der Waals surface area contributed by atoms with Crippen molar-refractivity contribution in [2.75, 3.05) is 6.54 Å². The van der Waals surface area contributed by atoms with Crippen molar-refractivity contribution >= 4 is 15.9 Å². The molecule has 0 bridgehead atoms. The maximum atomic E-state index is 5.94. The van der Waals surface area contributed by atoms with Crippen LogP contribution in [0.25, 0.3) is 0 Å². The van der Waals surface area contributed by atoms with Gasteiger partial charge in [-0.25, -0.2) is 0 Å². The Morgan fingerprint density at radius 2 is 2.10 bits per heavy atom. The number of hydrogen-bond donors (Lipinski definition) is 1. The topological polar surface area (TPSA) is 43.0 Å². The summed E-state index contributed by atoms with van der Waals surface area (Å²) in [5.74, 6) is 1.95. The van der Waals surface area contributed by atoms with Crippen LogP contribution >= 0.6 is 15.9 Å². The van der Waals surface area contributed by atoms with Gasteiger partial charge in [-0.15, -0.1) is 0 Å². The zero-order chi connectivity index (χ0) is 14.7.